The van der Waals surface area contributed by atoms with Crippen molar-refractivity contribution in [2.75, 3.05) is 17.1 Å². The van der Waals surface area contributed by atoms with Gasteiger partial charge in [0.15, 0.2) is 0 Å². The number of halogens is 2. The summed E-state index contributed by atoms with van der Waals surface area (Å²) < 4.78 is 32.6. The monoisotopic (exact) mass is 633 g/mol. The number of hydrogen-bond donors (Lipinski definition) is 1. The van der Waals surface area contributed by atoms with Crippen LogP contribution in [0.1, 0.15) is 45.2 Å². The highest BCUT2D eigenvalue weighted by Gasteiger charge is 2.33. The molecular formula is C31H37Cl2N3O5S. The van der Waals surface area contributed by atoms with Crippen molar-refractivity contribution in [3.05, 3.63) is 94.0 Å². The molecule has 1 N–H and O–H groups in total. The molecule has 0 aliphatic rings. The zero-order chi connectivity index (χ0) is 31.1. The quantitative estimate of drug-likeness (QED) is 0.261. The lowest BCUT2D eigenvalue weighted by atomic mass is 10.1. The van der Waals surface area contributed by atoms with Crippen LogP contribution in [-0.4, -0.2) is 49.5 Å². The summed E-state index contributed by atoms with van der Waals surface area (Å²) in [5, 5.41) is 3.59. The van der Waals surface area contributed by atoms with Crippen molar-refractivity contribution in [3.63, 3.8) is 0 Å². The molecule has 0 saturated heterocycles. The average molecular weight is 635 g/mol. The summed E-state index contributed by atoms with van der Waals surface area (Å²) in [6.07, 6.45) is 1.34. The van der Waals surface area contributed by atoms with Crippen molar-refractivity contribution in [2.24, 2.45) is 0 Å². The highest BCUT2D eigenvalue weighted by molar-refractivity contribution is 7.92. The van der Waals surface area contributed by atoms with Crippen molar-refractivity contribution in [1.82, 2.24) is 10.2 Å². The van der Waals surface area contributed by atoms with Crippen LogP contribution >= 0.6 is 23.2 Å². The molecule has 0 radical (unpaired) electrons. The fraction of sp³-hybridized carbons (Fsp3) is 0.355. The van der Waals surface area contributed by atoms with Crippen LogP contribution < -0.4 is 14.4 Å². The van der Waals surface area contributed by atoms with E-state index in [1.165, 1.54) is 4.90 Å². The second-order valence-corrected chi connectivity index (χ2v) is 13.7. The Kier molecular flexibility index (Phi) is 11.3. The van der Waals surface area contributed by atoms with Crippen LogP contribution in [0.4, 0.5) is 5.69 Å². The number of ether oxygens (including phenoxy) is 1. The van der Waals surface area contributed by atoms with Gasteiger partial charge in [-0.3, -0.25) is 13.9 Å². The highest BCUT2D eigenvalue weighted by Crippen LogP contribution is 2.26. The number of sulfonamides is 1. The summed E-state index contributed by atoms with van der Waals surface area (Å²) in [6.45, 7) is 7.21. The normalized spacial score (nSPS) is 12.4. The molecule has 8 nitrogen and oxygen atoms in total. The maximum atomic E-state index is 13.9. The predicted octanol–water partition coefficient (Wildman–Crippen LogP) is 6.06. The fourth-order valence-corrected chi connectivity index (χ4v) is 5.44. The number of amides is 2. The van der Waals surface area contributed by atoms with E-state index in [0.29, 0.717) is 40.1 Å². The lowest BCUT2D eigenvalue weighted by Crippen LogP contribution is -2.55. The molecule has 0 heterocycles. The molecule has 0 aliphatic heterocycles. The van der Waals surface area contributed by atoms with Gasteiger partial charge < -0.3 is 15.0 Å². The molecule has 1 atom stereocenters. The van der Waals surface area contributed by atoms with Crippen LogP contribution in [-0.2, 0) is 32.8 Å². The van der Waals surface area contributed by atoms with Crippen LogP contribution in [0, 0.1) is 0 Å². The van der Waals surface area contributed by atoms with Gasteiger partial charge in [0.2, 0.25) is 21.8 Å². The van der Waals surface area contributed by atoms with Crippen LogP contribution in [0.15, 0.2) is 72.8 Å². The summed E-state index contributed by atoms with van der Waals surface area (Å²) in [7, 11) is -3.88. The van der Waals surface area contributed by atoms with E-state index in [0.717, 1.165) is 16.1 Å². The molecule has 0 aliphatic carbocycles. The Labute approximate surface area is 258 Å². The third-order valence-electron chi connectivity index (χ3n) is 6.27. The first-order valence-corrected chi connectivity index (χ1v) is 16.1. The standard InChI is InChI=1S/C31H37Cl2N3O5S/c1-6-28(30(38)34-31(2,3)4)35(19-23-12-17-26(32)27(33)18-23)29(37)20-36(42(5,39)40)24-13-15-25(16-14-24)41-21-22-10-8-7-9-11-22/h7-18,28H,6,19-21H2,1-5H3,(H,34,38)/t28-/m1/s1. The first kappa shape index (κ1) is 33.2. The minimum absolute atomic E-state index is 0.0235. The van der Waals surface area contributed by atoms with Crippen molar-refractivity contribution in [2.45, 2.75) is 58.8 Å². The predicted molar refractivity (Wildman–Crippen MR) is 168 cm³/mol. The van der Waals surface area contributed by atoms with Crippen molar-refractivity contribution < 1.29 is 22.7 Å². The lowest BCUT2D eigenvalue weighted by Gasteiger charge is -2.34. The van der Waals surface area contributed by atoms with Crippen molar-refractivity contribution in [1.29, 1.82) is 0 Å². The van der Waals surface area contributed by atoms with Gasteiger partial charge >= 0.3 is 0 Å². The number of carbonyl (C=O) groups excluding carboxylic acids is 2. The first-order chi connectivity index (χ1) is 19.7. The van der Waals surface area contributed by atoms with E-state index in [1.807, 2.05) is 51.1 Å². The van der Waals surface area contributed by atoms with E-state index >= 15 is 0 Å². The minimum atomic E-state index is -3.88. The Balaban J connectivity index is 1.88. The van der Waals surface area contributed by atoms with Crippen LogP contribution in [0.5, 0.6) is 5.75 Å². The summed E-state index contributed by atoms with van der Waals surface area (Å²) in [4.78, 5) is 28.6. The summed E-state index contributed by atoms with van der Waals surface area (Å²) >= 11 is 12.3. The van der Waals surface area contributed by atoms with E-state index in [-0.39, 0.29) is 12.5 Å². The number of hydrogen-bond acceptors (Lipinski definition) is 5. The average Bonchev–Trinajstić information content (AvgIpc) is 2.91. The Bertz CT molecular complexity index is 1480. The van der Waals surface area contributed by atoms with Crippen LogP contribution in [0.25, 0.3) is 0 Å². The molecule has 0 unspecified atom stereocenters. The fourth-order valence-electron chi connectivity index (χ4n) is 4.27. The Hall–Kier alpha value is -3.27. The number of nitrogens with zero attached hydrogens (tertiary/aromatic N) is 2. The van der Waals surface area contributed by atoms with Gasteiger partial charge in [0, 0.05) is 12.1 Å². The van der Waals surface area contributed by atoms with Gasteiger partial charge in [-0.1, -0.05) is 66.5 Å². The molecule has 0 saturated carbocycles. The maximum absolute atomic E-state index is 13.9. The topological polar surface area (TPSA) is 96.0 Å². The molecule has 3 aromatic carbocycles. The molecule has 11 heteroatoms. The van der Waals surface area contributed by atoms with E-state index in [1.54, 1.807) is 49.4 Å². The largest absolute Gasteiger partial charge is 0.489 e. The lowest BCUT2D eigenvalue weighted by molar-refractivity contribution is -0.141. The maximum Gasteiger partial charge on any atom is 0.244 e. The van der Waals surface area contributed by atoms with Crippen molar-refractivity contribution >= 4 is 50.7 Å². The third-order valence-corrected chi connectivity index (χ3v) is 8.15. The van der Waals surface area contributed by atoms with Crippen LogP contribution in [0.2, 0.25) is 10.0 Å². The van der Waals surface area contributed by atoms with E-state index in [2.05, 4.69) is 5.32 Å². The minimum Gasteiger partial charge on any atom is -0.489 e. The number of anilines is 1. The SMILES string of the molecule is CC[C@H](C(=O)NC(C)(C)C)N(Cc1ccc(Cl)c(Cl)c1)C(=O)CN(c1ccc(OCc2ccccc2)cc1)S(C)(=O)=O. The zero-order valence-corrected chi connectivity index (χ0v) is 26.8. The van der Waals surface area contributed by atoms with Gasteiger partial charge in [0.25, 0.3) is 0 Å². The van der Waals surface area contributed by atoms with Gasteiger partial charge in [-0.05, 0) is 74.7 Å². The highest BCUT2D eigenvalue weighted by atomic mass is 35.5. The molecular weight excluding hydrogens is 597 g/mol. The number of carbonyl (C=O) groups is 2. The Morgan fingerprint density at radius 1 is 0.929 bits per heavy atom. The number of benzene rings is 3. The summed E-state index contributed by atoms with van der Waals surface area (Å²) in [5.41, 5.74) is 1.39. The van der Waals surface area contributed by atoms with Gasteiger partial charge in [-0.15, -0.1) is 0 Å². The van der Waals surface area contributed by atoms with Crippen molar-refractivity contribution in [3.8, 4) is 5.75 Å². The Morgan fingerprint density at radius 2 is 1.57 bits per heavy atom. The van der Waals surface area contributed by atoms with Crippen LogP contribution in [0.3, 0.4) is 0 Å². The Morgan fingerprint density at radius 3 is 2.12 bits per heavy atom. The second kappa shape index (κ2) is 14.3. The summed E-state index contributed by atoms with van der Waals surface area (Å²) in [6, 6.07) is 20.2. The van der Waals surface area contributed by atoms with Gasteiger partial charge in [0.05, 0.1) is 22.0 Å². The van der Waals surface area contributed by atoms with Gasteiger partial charge in [-0.2, -0.15) is 0 Å². The van der Waals surface area contributed by atoms with E-state index in [4.69, 9.17) is 27.9 Å². The molecule has 0 fully saturated rings. The third kappa shape index (κ3) is 9.64. The van der Waals surface area contributed by atoms with Gasteiger partial charge in [-0.25, -0.2) is 8.42 Å². The van der Waals surface area contributed by atoms with E-state index < -0.39 is 34.1 Å². The first-order valence-electron chi connectivity index (χ1n) is 13.5. The molecule has 226 valence electrons. The van der Waals surface area contributed by atoms with Gasteiger partial charge in [0.1, 0.15) is 24.9 Å². The zero-order valence-electron chi connectivity index (χ0n) is 24.4. The second-order valence-electron chi connectivity index (χ2n) is 11.0. The molecule has 0 bridgehead atoms. The molecule has 0 aromatic heterocycles. The molecule has 3 rings (SSSR count). The summed E-state index contributed by atoms with van der Waals surface area (Å²) in [5.74, 6) is -0.343. The van der Waals surface area contributed by atoms with E-state index in [9.17, 15) is 18.0 Å². The molecule has 0 spiro atoms. The molecule has 3 aromatic rings. The number of nitrogens with one attached hydrogen (secondary N) is 1. The molecule has 42 heavy (non-hydrogen) atoms. The number of rotatable bonds is 12. The molecule has 2 amide bonds. The smallest absolute Gasteiger partial charge is 0.244 e.